The van der Waals surface area contributed by atoms with E-state index < -0.39 is 10.0 Å². The molecule has 9 nitrogen and oxygen atoms in total. The number of amides is 1. The Bertz CT molecular complexity index is 1100. The molecule has 0 radical (unpaired) electrons. The quantitative estimate of drug-likeness (QED) is 0.690. The molecular weight excluding hydrogens is 380 g/mol. The summed E-state index contributed by atoms with van der Waals surface area (Å²) in [5.41, 5.74) is 1.68. The molecule has 0 bridgehead atoms. The highest BCUT2D eigenvalue weighted by Gasteiger charge is 2.28. The maximum absolute atomic E-state index is 12.6. The van der Waals surface area contributed by atoms with Gasteiger partial charge in [-0.25, -0.2) is 23.1 Å². The summed E-state index contributed by atoms with van der Waals surface area (Å²) in [4.78, 5) is 20.8. The smallest absolute Gasteiger partial charge is 0.251 e. The van der Waals surface area contributed by atoms with Gasteiger partial charge in [0.05, 0.1) is 11.4 Å². The summed E-state index contributed by atoms with van der Waals surface area (Å²) in [6, 6.07) is 10.3. The molecule has 0 saturated carbocycles. The number of pyridine rings is 1. The molecule has 0 spiro atoms. The molecule has 1 N–H and O–H groups in total. The zero-order valence-corrected chi connectivity index (χ0v) is 15.7. The van der Waals surface area contributed by atoms with Gasteiger partial charge in [0.15, 0.2) is 5.82 Å². The van der Waals surface area contributed by atoms with Crippen molar-refractivity contribution in [3.63, 3.8) is 0 Å². The second-order valence-corrected chi connectivity index (χ2v) is 8.31. The van der Waals surface area contributed by atoms with Crippen LogP contribution in [0.3, 0.4) is 0 Å². The SMILES string of the molecule is O=C(NCc1cccnc1-n1cncn1)c1cccc(N2CCCS2(=O)=O)c1. The average molecular weight is 398 g/mol. The van der Waals surface area contributed by atoms with Gasteiger partial charge in [-0.05, 0) is 30.7 Å². The fraction of sp³-hybridized carbons (Fsp3) is 0.222. The van der Waals surface area contributed by atoms with Gasteiger partial charge in [-0.3, -0.25) is 9.10 Å². The van der Waals surface area contributed by atoms with E-state index in [1.165, 1.54) is 21.6 Å². The van der Waals surface area contributed by atoms with Crippen LogP contribution in [0.15, 0.2) is 55.2 Å². The number of hydrogen-bond acceptors (Lipinski definition) is 6. The molecule has 144 valence electrons. The summed E-state index contributed by atoms with van der Waals surface area (Å²) in [5.74, 6) is 0.416. The lowest BCUT2D eigenvalue weighted by Gasteiger charge is -2.17. The van der Waals surface area contributed by atoms with E-state index in [-0.39, 0.29) is 18.2 Å². The summed E-state index contributed by atoms with van der Waals surface area (Å²) >= 11 is 0. The van der Waals surface area contributed by atoms with Gasteiger partial charge in [0.1, 0.15) is 12.7 Å². The van der Waals surface area contributed by atoms with Gasteiger partial charge < -0.3 is 5.32 Å². The van der Waals surface area contributed by atoms with Gasteiger partial charge in [-0.2, -0.15) is 5.10 Å². The minimum atomic E-state index is -3.29. The standard InChI is InChI=1S/C18H18N6O3S/c25-18(14-4-1-6-16(10-14)24-8-3-9-28(24,26)27)21-11-15-5-2-7-20-17(15)23-13-19-12-22-23/h1-2,4-7,10,12-13H,3,8-9,11H2,(H,21,25). The summed E-state index contributed by atoms with van der Waals surface area (Å²) in [6.45, 7) is 0.679. The molecule has 1 aromatic carbocycles. The Kier molecular flexibility index (Phi) is 4.78. The van der Waals surface area contributed by atoms with E-state index in [9.17, 15) is 13.2 Å². The third-order valence-electron chi connectivity index (χ3n) is 4.44. The number of carbonyl (C=O) groups excluding carboxylic acids is 1. The topological polar surface area (TPSA) is 110 Å². The average Bonchev–Trinajstić information content (AvgIpc) is 3.35. The Morgan fingerprint density at radius 1 is 1.21 bits per heavy atom. The number of benzene rings is 1. The van der Waals surface area contributed by atoms with E-state index in [1.807, 2.05) is 6.07 Å². The van der Waals surface area contributed by atoms with Crippen LogP contribution in [-0.2, 0) is 16.6 Å². The Morgan fingerprint density at radius 2 is 2.11 bits per heavy atom. The number of anilines is 1. The van der Waals surface area contributed by atoms with E-state index in [1.54, 1.807) is 36.5 Å². The Morgan fingerprint density at radius 3 is 2.86 bits per heavy atom. The fourth-order valence-electron chi connectivity index (χ4n) is 3.10. The first kappa shape index (κ1) is 18.1. The van der Waals surface area contributed by atoms with E-state index in [4.69, 9.17) is 0 Å². The van der Waals surface area contributed by atoms with Crippen molar-refractivity contribution in [1.82, 2.24) is 25.1 Å². The fourth-order valence-corrected chi connectivity index (χ4v) is 4.66. The van der Waals surface area contributed by atoms with Crippen molar-refractivity contribution < 1.29 is 13.2 Å². The van der Waals surface area contributed by atoms with Crippen LogP contribution in [0, 0.1) is 0 Å². The molecule has 28 heavy (non-hydrogen) atoms. The van der Waals surface area contributed by atoms with Crippen molar-refractivity contribution in [2.24, 2.45) is 0 Å². The maximum atomic E-state index is 12.6. The van der Waals surface area contributed by atoms with Crippen molar-refractivity contribution in [2.75, 3.05) is 16.6 Å². The van der Waals surface area contributed by atoms with Crippen molar-refractivity contribution in [3.05, 3.63) is 66.4 Å². The first-order valence-corrected chi connectivity index (χ1v) is 10.3. The van der Waals surface area contributed by atoms with Gasteiger partial charge in [0.25, 0.3) is 5.91 Å². The number of aromatic nitrogens is 4. The number of nitrogens with zero attached hydrogens (tertiary/aromatic N) is 5. The highest BCUT2D eigenvalue weighted by molar-refractivity contribution is 7.93. The predicted octanol–water partition coefficient (Wildman–Crippen LogP) is 1.13. The summed E-state index contributed by atoms with van der Waals surface area (Å²) in [7, 11) is -3.29. The number of rotatable bonds is 5. The van der Waals surface area contributed by atoms with Gasteiger partial charge in [0, 0.05) is 30.4 Å². The summed E-state index contributed by atoms with van der Waals surface area (Å²) < 4.78 is 27.1. The molecule has 2 aromatic heterocycles. The lowest BCUT2D eigenvalue weighted by atomic mass is 10.1. The monoisotopic (exact) mass is 398 g/mol. The molecular formula is C18H18N6O3S. The van der Waals surface area contributed by atoms with E-state index in [2.05, 4.69) is 20.4 Å². The number of hydrogen-bond donors (Lipinski definition) is 1. The number of sulfonamides is 1. The largest absolute Gasteiger partial charge is 0.348 e. The van der Waals surface area contributed by atoms with E-state index in [0.717, 1.165) is 5.56 Å². The third kappa shape index (κ3) is 3.58. The van der Waals surface area contributed by atoms with Crippen LogP contribution in [0.25, 0.3) is 5.82 Å². The molecule has 1 aliphatic heterocycles. The van der Waals surface area contributed by atoms with Crippen molar-refractivity contribution in [2.45, 2.75) is 13.0 Å². The molecule has 0 aliphatic carbocycles. The first-order chi connectivity index (χ1) is 13.5. The molecule has 1 amide bonds. The minimum absolute atomic E-state index is 0.134. The second-order valence-electron chi connectivity index (χ2n) is 6.30. The molecule has 3 aromatic rings. The normalized spacial score (nSPS) is 15.5. The number of carbonyl (C=O) groups is 1. The van der Waals surface area contributed by atoms with Crippen LogP contribution < -0.4 is 9.62 Å². The lowest BCUT2D eigenvalue weighted by Crippen LogP contribution is -2.27. The van der Waals surface area contributed by atoms with Crippen LogP contribution in [-0.4, -0.2) is 46.4 Å². The van der Waals surface area contributed by atoms with Crippen LogP contribution in [0.2, 0.25) is 0 Å². The molecule has 4 rings (SSSR count). The van der Waals surface area contributed by atoms with Crippen LogP contribution in [0.1, 0.15) is 22.3 Å². The molecule has 1 saturated heterocycles. The van der Waals surface area contributed by atoms with E-state index >= 15 is 0 Å². The van der Waals surface area contributed by atoms with Gasteiger partial charge in [0.2, 0.25) is 10.0 Å². The highest BCUT2D eigenvalue weighted by atomic mass is 32.2. The van der Waals surface area contributed by atoms with Crippen molar-refractivity contribution >= 4 is 21.6 Å². The third-order valence-corrected chi connectivity index (χ3v) is 6.31. The lowest BCUT2D eigenvalue weighted by molar-refractivity contribution is 0.0951. The molecule has 10 heteroatoms. The molecule has 0 atom stereocenters. The second kappa shape index (κ2) is 7.39. The van der Waals surface area contributed by atoms with E-state index in [0.29, 0.717) is 30.0 Å². The van der Waals surface area contributed by atoms with Crippen LogP contribution >= 0.6 is 0 Å². The highest BCUT2D eigenvalue weighted by Crippen LogP contribution is 2.24. The van der Waals surface area contributed by atoms with Crippen LogP contribution in [0.5, 0.6) is 0 Å². The van der Waals surface area contributed by atoms with Crippen molar-refractivity contribution in [3.8, 4) is 5.82 Å². The maximum Gasteiger partial charge on any atom is 0.251 e. The summed E-state index contributed by atoms with van der Waals surface area (Å²) in [5, 5.41) is 6.92. The molecule has 0 unspecified atom stereocenters. The predicted molar refractivity (Wildman–Crippen MR) is 103 cm³/mol. The van der Waals surface area contributed by atoms with Gasteiger partial charge in [-0.15, -0.1) is 0 Å². The van der Waals surface area contributed by atoms with Gasteiger partial charge >= 0.3 is 0 Å². The van der Waals surface area contributed by atoms with Gasteiger partial charge in [-0.1, -0.05) is 12.1 Å². The Labute approximate surface area is 162 Å². The minimum Gasteiger partial charge on any atom is -0.348 e. The first-order valence-electron chi connectivity index (χ1n) is 8.72. The Hall–Kier alpha value is -3.27. The summed E-state index contributed by atoms with van der Waals surface area (Å²) in [6.07, 6.45) is 5.18. The molecule has 1 fully saturated rings. The molecule has 1 aliphatic rings. The van der Waals surface area contributed by atoms with Crippen LogP contribution in [0.4, 0.5) is 5.69 Å². The zero-order chi connectivity index (χ0) is 19.6. The zero-order valence-electron chi connectivity index (χ0n) is 14.9. The number of nitrogens with one attached hydrogen (secondary N) is 1. The molecule has 3 heterocycles. The van der Waals surface area contributed by atoms with Crippen molar-refractivity contribution in [1.29, 1.82) is 0 Å². The Balaban J connectivity index is 1.51.